The molecule has 4 heterocycles. The van der Waals surface area contributed by atoms with Gasteiger partial charge in [0.2, 0.25) is 0 Å². The number of hydrogen-bond donors (Lipinski definition) is 3. The number of para-hydroxylation sites is 2. The van der Waals surface area contributed by atoms with Crippen molar-refractivity contribution in [1.29, 1.82) is 0 Å². The van der Waals surface area contributed by atoms with E-state index < -0.39 is 0 Å². The van der Waals surface area contributed by atoms with E-state index in [1.165, 1.54) is 11.3 Å². The normalized spacial score (nSPS) is 17.4. The number of phenolic OH excluding ortho intramolecular Hbond substituents is 1. The van der Waals surface area contributed by atoms with Crippen LogP contribution in [-0.2, 0) is 0 Å². The number of hydrogen-bond acceptors (Lipinski definition) is 7. The van der Waals surface area contributed by atoms with Crippen LogP contribution in [0.5, 0.6) is 17.2 Å². The maximum absolute atomic E-state index is 13.5. The fourth-order valence-electron chi connectivity index (χ4n) is 5.13. The highest BCUT2D eigenvalue weighted by Gasteiger charge is 2.34. The Morgan fingerprint density at radius 3 is 2.84 bits per heavy atom. The number of rotatable bonds is 5. The van der Waals surface area contributed by atoms with Gasteiger partial charge in [0, 0.05) is 18.8 Å². The molecule has 0 radical (unpaired) electrons. The minimum atomic E-state index is -0.354. The minimum Gasteiger partial charge on any atom is -0.504 e. The SMILES string of the molecule is Cc1cc(Oc2ccccc2O)ccc1N1C(=O)Nc2c(C(=O)NC3CCCN(C)C3)sc3nccc1c23. The van der Waals surface area contributed by atoms with Gasteiger partial charge in [0.1, 0.15) is 15.5 Å². The zero-order chi connectivity index (χ0) is 26.4. The number of carbonyl (C=O) groups is 2. The highest BCUT2D eigenvalue weighted by Crippen LogP contribution is 2.46. The molecular formula is C28H27N5O4S. The van der Waals surface area contributed by atoms with E-state index >= 15 is 0 Å². The Balaban J connectivity index is 1.33. The number of aryl methyl sites for hydroxylation is 1. The predicted molar refractivity (Wildman–Crippen MR) is 148 cm³/mol. The number of nitrogens with one attached hydrogen (secondary N) is 2. The lowest BCUT2D eigenvalue weighted by Gasteiger charge is -2.31. The van der Waals surface area contributed by atoms with Crippen LogP contribution in [0.1, 0.15) is 28.1 Å². The van der Waals surface area contributed by atoms with Crippen LogP contribution in [0.3, 0.4) is 0 Å². The lowest BCUT2D eigenvalue weighted by Crippen LogP contribution is -2.46. The van der Waals surface area contributed by atoms with E-state index in [9.17, 15) is 14.7 Å². The quantitative estimate of drug-likeness (QED) is 0.310. The molecule has 2 aliphatic heterocycles. The van der Waals surface area contributed by atoms with Gasteiger partial charge in [-0.3, -0.25) is 9.69 Å². The highest BCUT2D eigenvalue weighted by molar-refractivity contribution is 7.21. The second kappa shape index (κ2) is 9.62. The van der Waals surface area contributed by atoms with Gasteiger partial charge in [0.25, 0.3) is 5.91 Å². The molecule has 0 saturated carbocycles. The topological polar surface area (TPSA) is 107 Å². The Hall–Kier alpha value is -4.15. The van der Waals surface area contributed by atoms with Crippen LogP contribution in [0.25, 0.3) is 10.2 Å². The van der Waals surface area contributed by atoms with Crippen molar-refractivity contribution in [2.24, 2.45) is 0 Å². The summed E-state index contributed by atoms with van der Waals surface area (Å²) in [5.41, 5.74) is 2.65. The molecule has 10 heteroatoms. The molecule has 0 aliphatic carbocycles. The van der Waals surface area contributed by atoms with Crippen molar-refractivity contribution >= 4 is 50.6 Å². The van der Waals surface area contributed by atoms with Crippen molar-refractivity contribution in [3.63, 3.8) is 0 Å². The van der Waals surface area contributed by atoms with Crippen LogP contribution in [0, 0.1) is 6.92 Å². The van der Waals surface area contributed by atoms with E-state index in [-0.39, 0.29) is 23.7 Å². The molecule has 1 saturated heterocycles. The molecule has 3 N–H and O–H groups in total. The number of urea groups is 1. The standard InChI is InChI=1S/C28H27N5O4S/c1-16-14-18(37-22-8-4-3-7-21(22)34)9-10-19(16)33-20-11-12-29-27-23(20)24(31-28(33)36)25(38-27)26(35)30-17-6-5-13-32(2)15-17/h3-4,7-12,14,17,34H,5-6,13,15H2,1-2H3,(H,30,35)(H,31,36). The van der Waals surface area contributed by atoms with Crippen molar-refractivity contribution in [2.45, 2.75) is 25.8 Å². The number of likely N-dealkylation sites (N-methyl/N-ethyl adjacent to an activating group) is 1. The largest absolute Gasteiger partial charge is 0.504 e. The Labute approximate surface area is 223 Å². The second-order valence-corrected chi connectivity index (χ2v) is 10.7. The summed E-state index contributed by atoms with van der Waals surface area (Å²) in [5, 5.41) is 16.9. The molecular weight excluding hydrogens is 502 g/mol. The first-order chi connectivity index (χ1) is 18.4. The Morgan fingerprint density at radius 1 is 1.21 bits per heavy atom. The number of likely N-dealkylation sites (tertiary alicyclic amines) is 1. The summed E-state index contributed by atoms with van der Waals surface area (Å²) in [7, 11) is 2.05. The lowest BCUT2D eigenvalue weighted by molar-refractivity contribution is 0.0917. The first-order valence-corrected chi connectivity index (χ1v) is 13.3. The molecule has 194 valence electrons. The maximum atomic E-state index is 13.5. The number of ether oxygens (including phenoxy) is 1. The molecule has 3 amide bonds. The summed E-state index contributed by atoms with van der Waals surface area (Å²) in [6, 6.07) is 13.6. The fourth-order valence-corrected chi connectivity index (χ4v) is 6.15. The molecule has 0 bridgehead atoms. The zero-order valence-electron chi connectivity index (χ0n) is 21.0. The van der Waals surface area contributed by atoms with Crippen molar-refractivity contribution in [1.82, 2.24) is 15.2 Å². The Morgan fingerprint density at radius 2 is 2.05 bits per heavy atom. The molecule has 2 aromatic heterocycles. The van der Waals surface area contributed by atoms with Gasteiger partial charge in [-0.1, -0.05) is 12.1 Å². The summed E-state index contributed by atoms with van der Waals surface area (Å²) in [5.74, 6) is 0.738. The zero-order valence-corrected chi connectivity index (χ0v) is 21.8. The van der Waals surface area contributed by atoms with Gasteiger partial charge < -0.3 is 25.4 Å². The second-order valence-electron chi connectivity index (χ2n) is 9.67. The van der Waals surface area contributed by atoms with Crippen LogP contribution in [0.4, 0.5) is 21.9 Å². The summed E-state index contributed by atoms with van der Waals surface area (Å²) in [6.07, 6.45) is 3.63. The van der Waals surface area contributed by atoms with Gasteiger partial charge >= 0.3 is 6.03 Å². The number of carbonyl (C=O) groups excluding carboxylic acids is 2. The molecule has 4 aromatic rings. The van der Waals surface area contributed by atoms with E-state index in [1.807, 2.05) is 13.0 Å². The predicted octanol–water partition coefficient (Wildman–Crippen LogP) is 5.61. The van der Waals surface area contributed by atoms with Gasteiger partial charge in [0.15, 0.2) is 11.5 Å². The Bertz CT molecular complexity index is 1570. The average molecular weight is 530 g/mol. The van der Waals surface area contributed by atoms with Crippen molar-refractivity contribution < 1.29 is 19.4 Å². The van der Waals surface area contributed by atoms with Crippen molar-refractivity contribution in [3.8, 4) is 17.2 Å². The van der Waals surface area contributed by atoms with E-state index in [1.54, 1.807) is 53.6 Å². The number of aromatic hydroxyl groups is 1. The number of piperidine rings is 1. The first kappa shape index (κ1) is 24.2. The number of thiophene rings is 1. The summed E-state index contributed by atoms with van der Waals surface area (Å²) >= 11 is 1.29. The smallest absolute Gasteiger partial charge is 0.331 e. The third-order valence-corrected chi connectivity index (χ3v) is 8.01. The molecule has 2 aromatic carbocycles. The lowest BCUT2D eigenvalue weighted by atomic mass is 10.1. The van der Waals surface area contributed by atoms with Crippen LogP contribution >= 0.6 is 11.3 Å². The minimum absolute atomic E-state index is 0.0455. The van der Waals surface area contributed by atoms with Crippen molar-refractivity contribution in [3.05, 3.63) is 65.2 Å². The molecule has 1 atom stereocenters. The number of phenols is 1. The highest BCUT2D eigenvalue weighted by atomic mass is 32.1. The van der Waals surface area contributed by atoms with Crippen LogP contribution in [0.15, 0.2) is 54.7 Å². The summed E-state index contributed by atoms with van der Waals surface area (Å²) in [6.45, 7) is 3.72. The van der Waals surface area contributed by atoms with E-state index in [2.05, 4.69) is 27.6 Å². The molecule has 1 unspecified atom stereocenters. The van der Waals surface area contributed by atoms with Gasteiger partial charge in [-0.05, 0) is 75.3 Å². The number of aromatic nitrogens is 1. The number of pyridine rings is 1. The van der Waals surface area contributed by atoms with E-state index in [4.69, 9.17) is 4.74 Å². The van der Waals surface area contributed by atoms with Crippen LogP contribution in [0.2, 0.25) is 0 Å². The van der Waals surface area contributed by atoms with Crippen molar-refractivity contribution in [2.75, 3.05) is 30.4 Å². The molecule has 0 spiro atoms. The molecule has 2 aliphatic rings. The van der Waals surface area contributed by atoms with Gasteiger partial charge in [-0.25, -0.2) is 9.78 Å². The Kier molecular flexibility index (Phi) is 6.13. The van der Waals surface area contributed by atoms with Crippen LogP contribution in [-0.4, -0.2) is 53.1 Å². The summed E-state index contributed by atoms with van der Waals surface area (Å²) in [4.78, 5) is 36.2. The van der Waals surface area contributed by atoms with E-state index in [0.29, 0.717) is 38.3 Å². The third-order valence-electron chi connectivity index (χ3n) is 6.91. The molecule has 38 heavy (non-hydrogen) atoms. The number of benzene rings is 2. The van der Waals surface area contributed by atoms with E-state index in [0.717, 1.165) is 36.9 Å². The van der Waals surface area contributed by atoms with Gasteiger partial charge in [-0.2, -0.15) is 0 Å². The van der Waals surface area contributed by atoms with Gasteiger partial charge in [0.05, 0.1) is 22.4 Å². The first-order valence-electron chi connectivity index (χ1n) is 12.5. The maximum Gasteiger partial charge on any atom is 0.331 e. The number of amides is 3. The molecule has 6 rings (SSSR count). The summed E-state index contributed by atoms with van der Waals surface area (Å²) < 4.78 is 5.85. The number of nitrogens with zero attached hydrogens (tertiary/aromatic N) is 3. The van der Waals surface area contributed by atoms with Crippen LogP contribution < -0.4 is 20.3 Å². The number of anilines is 3. The monoisotopic (exact) mass is 529 g/mol. The molecule has 9 nitrogen and oxygen atoms in total. The third kappa shape index (κ3) is 4.31. The molecule has 1 fully saturated rings. The fraction of sp³-hybridized carbons (Fsp3) is 0.250. The average Bonchev–Trinajstić information content (AvgIpc) is 3.26. The van der Waals surface area contributed by atoms with Gasteiger partial charge in [-0.15, -0.1) is 11.3 Å².